The fraction of sp³-hybridized carbons (Fsp3) is 0.319. The number of ether oxygens (including phenoxy) is 4. The number of carbonyl (C=O) groups is 2. The quantitative estimate of drug-likeness (QED) is 0.0676. The van der Waals surface area contributed by atoms with Gasteiger partial charge in [-0.25, -0.2) is 4.98 Å². The summed E-state index contributed by atoms with van der Waals surface area (Å²) in [6.45, 7) is 11.9. The Morgan fingerprint density at radius 1 is 0.873 bits per heavy atom. The molecule has 1 atom stereocenters. The van der Waals surface area contributed by atoms with Crippen molar-refractivity contribution in [2.24, 2.45) is 4.99 Å². The van der Waals surface area contributed by atoms with Gasteiger partial charge in [-0.15, -0.1) is 21.5 Å². The molecule has 5 heterocycles. The molecule has 0 saturated carbocycles. The van der Waals surface area contributed by atoms with E-state index >= 15 is 0 Å². The zero-order valence-corrected chi connectivity index (χ0v) is 37.2. The van der Waals surface area contributed by atoms with Crippen molar-refractivity contribution in [2.75, 3.05) is 68.7 Å². The molecule has 8 rings (SSSR count). The van der Waals surface area contributed by atoms with Gasteiger partial charge in [-0.3, -0.25) is 19.1 Å². The predicted molar refractivity (Wildman–Crippen MR) is 246 cm³/mol. The van der Waals surface area contributed by atoms with E-state index in [-0.39, 0.29) is 18.2 Å². The van der Waals surface area contributed by atoms with Crippen LogP contribution in [0, 0.1) is 27.7 Å². The van der Waals surface area contributed by atoms with Crippen molar-refractivity contribution >= 4 is 57.7 Å². The summed E-state index contributed by atoms with van der Waals surface area (Å²) < 4.78 is 24.9. The summed E-state index contributed by atoms with van der Waals surface area (Å²) in [7, 11) is 0. The van der Waals surface area contributed by atoms with Crippen LogP contribution < -0.4 is 20.7 Å². The lowest BCUT2D eigenvalue weighted by atomic mass is 9.99. The topological polar surface area (TPSA) is 163 Å². The van der Waals surface area contributed by atoms with E-state index in [4.69, 9.17) is 35.5 Å². The minimum atomic E-state index is -0.569. The third-order valence-electron chi connectivity index (χ3n) is 10.8. The van der Waals surface area contributed by atoms with Crippen LogP contribution in [0.4, 0.5) is 17.2 Å². The van der Waals surface area contributed by atoms with Gasteiger partial charge in [-0.05, 0) is 105 Å². The van der Waals surface area contributed by atoms with Crippen LogP contribution in [0.25, 0.3) is 16.1 Å². The largest absolute Gasteiger partial charge is 0.491 e. The Morgan fingerprint density at radius 3 is 2.33 bits per heavy atom. The molecular formula is C47H49ClN8O6S. The summed E-state index contributed by atoms with van der Waals surface area (Å²) >= 11 is 7.91. The molecule has 63 heavy (non-hydrogen) atoms. The van der Waals surface area contributed by atoms with E-state index < -0.39 is 6.04 Å². The van der Waals surface area contributed by atoms with E-state index in [1.165, 1.54) is 4.88 Å². The molecule has 0 saturated heterocycles. The number of benzene rings is 3. The second-order valence-corrected chi connectivity index (χ2v) is 16.9. The van der Waals surface area contributed by atoms with E-state index in [2.05, 4.69) is 58.0 Å². The van der Waals surface area contributed by atoms with Crippen molar-refractivity contribution in [1.82, 2.24) is 19.7 Å². The molecule has 2 aliphatic rings. The standard InChI is InChI=1S/C47H49ClN8O6S/c1-28-23-41(50-27-38(28)33-7-14-39-34(24-33)25-42(57)52-39)49-15-16-59-17-18-60-19-20-61-21-22-62-37-12-10-36(11-13-37)51-43(58)26-40-46-55-54-31(4)56(46)47-44(29(2)30(3)63-47)45(53-40)32-5-8-35(48)9-6-32/h5-14,23-24,27,40H,15-22,25-26H2,1-4H3,(H,49,50)(H,51,58)(H,52,57)/t40-/m0/s1. The number of thiophene rings is 1. The van der Waals surface area contributed by atoms with Crippen LogP contribution >= 0.6 is 22.9 Å². The fourth-order valence-corrected chi connectivity index (χ4v) is 8.86. The number of nitrogens with one attached hydrogen (secondary N) is 3. The van der Waals surface area contributed by atoms with E-state index in [0.29, 0.717) is 81.5 Å². The number of pyridine rings is 1. The Hall–Kier alpha value is -5.97. The molecule has 0 bridgehead atoms. The number of hydrogen-bond acceptors (Lipinski definition) is 12. The maximum absolute atomic E-state index is 13.5. The van der Waals surface area contributed by atoms with Gasteiger partial charge >= 0.3 is 0 Å². The number of fused-ring (bicyclic) bond motifs is 4. The van der Waals surface area contributed by atoms with Crippen molar-refractivity contribution in [3.8, 4) is 21.9 Å². The summed E-state index contributed by atoms with van der Waals surface area (Å²) in [5, 5.41) is 19.7. The summed E-state index contributed by atoms with van der Waals surface area (Å²) in [5.41, 5.74) is 9.58. The summed E-state index contributed by atoms with van der Waals surface area (Å²) in [6.07, 6.45) is 2.34. The number of aryl methyl sites for hydroxylation is 3. The van der Waals surface area contributed by atoms with Gasteiger partial charge in [0.1, 0.15) is 35.0 Å². The van der Waals surface area contributed by atoms with Gasteiger partial charge in [0.25, 0.3) is 0 Å². The molecular weight excluding hydrogens is 840 g/mol. The van der Waals surface area contributed by atoms with Crippen LogP contribution in [0.2, 0.25) is 5.02 Å². The van der Waals surface area contributed by atoms with E-state index in [0.717, 1.165) is 67.0 Å². The Bertz CT molecular complexity index is 2630. The van der Waals surface area contributed by atoms with Crippen LogP contribution in [0.5, 0.6) is 5.75 Å². The van der Waals surface area contributed by atoms with Gasteiger partial charge < -0.3 is 34.9 Å². The molecule has 3 aromatic carbocycles. The van der Waals surface area contributed by atoms with Crippen molar-refractivity contribution in [3.05, 3.63) is 128 Å². The monoisotopic (exact) mass is 888 g/mol. The number of carbonyl (C=O) groups excluding carboxylic acids is 2. The van der Waals surface area contributed by atoms with Gasteiger partial charge in [0.2, 0.25) is 11.8 Å². The molecule has 0 unspecified atom stereocenters. The van der Waals surface area contributed by atoms with Crippen LogP contribution in [-0.2, 0) is 30.2 Å². The van der Waals surface area contributed by atoms with Gasteiger partial charge in [-0.2, -0.15) is 0 Å². The van der Waals surface area contributed by atoms with Crippen molar-refractivity contribution in [3.63, 3.8) is 0 Å². The molecule has 0 aliphatic carbocycles. The molecule has 2 amide bonds. The number of aromatic nitrogens is 4. The highest BCUT2D eigenvalue weighted by Crippen LogP contribution is 2.40. The van der Waals surface area contributed by atoms with Crippen LogP contribution in [0.1, 0.15) is 56.8 Å². The van der Waals surface area contributed by atoms with Crippen molar-refractivity contribution < 1.29 is 28.5 Å². The zero-order valence-electron chi connectivity index (χ0n) is 35.6. The zero-order chi connectivity index (χ0) is 43.9. The number of anilines is 3. The average molecular weight is 889 g/mol. The molecule has 326 valence electrons. The minimum Gasteiger partial charge on any atom is -0.491 e. The maximum Gasteiger partial charge on any atom is 0.228 e. The number of nitrogens with zero attached hydrogens (tertiary/aromatic N) is 5. The number of halogens is 1. The van der Waals surface area contributed by atoms with E-state index in [9.17, 15) is 9.59 Å². The number of rotatable bonds is 19. The smallest absolute Gasteiger partial charge is 0.228 e. The highest BCUT2D eigenvalue weighted by Gasteiger charge is 2.32. The summed E-state index contributed by atoms with van der Waals surface area (Å²) in [5.74, 6) is 2.63. The average Bonchev–Trinajstić information content (AvgIpc) is 3.91. The predicted octanol–water partition coefficient (Wildman–Crippen LogP) is 8.23. The van der Waals surface area contributed by atoms with Crippen molar-refractivity contribution in [2.45, 2.75) is 46.6 Å². The normalized spacial score (nSPS) is 14.0. The van der Waals surface area contributed by atoms with Crippen LogP contribution in [-0.4, -0.2) is 90.1 Å². The minimum absolute atomic E-state index is 0.0272. The molecule has 2 aliphatic heterocycles. The Balaban J connectivity index is 0.708. The van der Waals surface area contributed by atoms with Crippen molar-refractivity contribution in [1.29, 1.82) is 0 Å². The molecule has 16 heteroatoms. The SMILES string of the molecule is Cc1cc(NCCOCCOCCOCCOc2ccc(NC(=O)C[C@@H]3N=C(c4ccc(Cl)cc4)c4c(sc(C)c4C)-n4c(C)nnc43)cc2)ncc1-c1ccc2c(c1)CC(=O)N2. The molecule has 14 nitrogen and oxygen atoms in total. The second-order valence-electron chi connectivity index (χ2n) is 15.3. The molecule has 0 spiro atoms. The first-order valence-electron chi connectivity index (χ1n) is 20.9. The van der Waals surface area contributed by atoms with E-state index in [1.807, 2.05) is 72.3 Å². The lowest BCUT2D eigenvalue weighted by Gasteiger charge is -2.13. The van der Waals surface area contributed by atoms with Crippen LogP contribution in [0.15, 0.2) is 84.0 Å². The fourth-order valence-electron chi connectivity index (χ4n) is 7.52. The first kappa shape index (κ1) is 43.7. The number of aliphatic imine (C=N–C) groups is 1. The highest BCUT2D eigenvalue weighted by atomic mass is 35.5. The van der Waals surface area contributed by atoms with Gasteiger partial charge in [0.15, 0.2) is 5.82 Å². The lowest BCUT2D eigenvalue weighted by molar-refractivity contribution is -0.117. The van der Waals surface area contributed by atoms with Gasteiger partial charge in [0, 0.05) is 50.7 Å². The molecule has 0 radical (unpaired) electrons. The maximum atomic E-state index is 13.5. The van der Waals surface area contributed by atoms with Gasteiger partial charge in [0.05, 0.1) is 58.2 Å². The van der Waals surface area contributed by atoms with E-state index in [1.54, 1.807) is 23.5 Å². The molecule has 6 aromatic rings. The van der Waals surface area contributed by atoms with Crippen LogP contribution in [0.3, 0.4) is 0 Å². The first-order chi connectivity index (χ1) is 30.6. The number of amides is 2. The second kappa shape index (κ2) is 20.0. The number of hydrogen-bond donors (Lipinski definition) is 3. The first-order valence-corrected chi connectivity index (χ1v) is 22.1. The van der Waals surface area contributed by atoms with Gasteiger partial charge in [-0.1, -0.05) is 29.8 Å². The Labute approximate surface area is 375 Å². The Kier molecular flexibility index (Phi) is 13.9. The lowest BCUT2D eigenvalue weighted by Crippen LogP contribution is -2.17. The summed E-state index contributed by atoms with van der Waals surface area (Å²) in [6, 6.07) is 22.3. The Morgan fingerprint density at radius 2 is 1.59 bits per heavy atom. The third-order valence-corrected chi connectivity index (χ3v) is 12.3. The molecule has 3 N–H and O–H groups in total. The highest BCUT2D eigenvalue weighted by molar-refractivity contribution is 7.15. The molecule has 3 aromatic heterocycles. The third kappa shape index (κ3) is 10.5. The molecule has 0 fully saturated rings. The summed E-state index contributed by atoms with van der Waals surface area (Å²) in [4.78, 5) is 36.2.